The molecule has 0 heterocycles. The van der Waals surface area contributed by atoms with E-state index in [1.54, 1.807) is 6.08 Å². The van der Waals surface area contributed by atoms with Gasteiger partial charge in [-0.25, -0.2) is 0 Å². The Balaban J connectivity index is 1.32. The normalized spacial score (nSPS) is 12.9. The minimum Gasteiger partial charge on any atom is -0.324 e. The highest BCUT2D eigenvalue weighted by molar-refractivity contribution is 6.16. The molecule has 0 saturated carbocycles. The van der Waals surface area contributed by atoms with Gasteiger partial charge in [0.05, 0.1) is 5.70 Å². The molecule has 1 unspecified atom stereocenters. The molecule has 0 amide bonds. The Morgan fingerprint density at radius 1 is 0.554 bits per heavy atom. The Morgan fingerprint density at radius 3 is 1.61 bits per heavy atom. The first-order valence-electron chi connectivity index (χ1n) is 19.0. The number of terminal acetylenes is 1. The van der Waals surface area contributed by atoms with Crippen molar-refractivity contribution in [2.24, 2.45) is 5.84 Å². The van der Waals surface area contributed by atoms with Crippen LogP contribution < -0.4 is 11.3 Å². The van der Waals surface area contributed by atoms with E-state index in [0.717, 1.165) is 33.5 Å². The van der Waals surface area contributed by atoms with E-state index in [9.17, 15) is 0 Å². The number of nitrogens with two attached hydrogens (primary N) is 1. The lowest BCUT2D eigenvalue weighted by Crippen LogP contribution is -2.21. The van der Waals surface area contributed by atoms with Crippen LogP contribution in [-0.2, 0) is 0 Å². The maximum atomic E-state index is 6.57. The fourth-order valence-electron chi connectivity index (χ4n) is 8.33. The lowest BCUT2D eigenvalue weighted by molar-refractivity contribution is 0.944. The van der Waals surface area contributed by atoms with Crippen LogP contribution in [0.5, 0.6) is 0 Å². The summed E-state index contributed by atoms with van der Waals surface area (Å²) in [5, 5.41) is 12.2. The molecular formula is C54H40N2. The van der Waals surface area contributed by atoms with Crippen molar-refractivity contribution in [3.8, 4) is 34.6 Å². The second-order valence-corrected chi connectivity index (χ2v) is 14.4. The number of rotatable bonds is 8. The first-order chi connectivity index (χ1) is 27.6. The van der Waals surface area contributed by atoms with Gasteiger partial charge in [0.2, 0.25) is 0 Å². The maximum Gasteiger partial charge on any atom is 0.0527 e. The third-order valence-electron chi connectivity index (χ3n) is 11.1. The zero-order chi connectivity index (χ0) is 38.0. The van der Waals surface area contributed by atoms with Crippen LogP contribution in [0.1, 0.15) is 24.0 Å². The lowest BCUT2D eigenvalue weighted by atomic mass is 9.86. The second-order valence-electron chi connectivity index (χ2n) is 14.4. The van der Waals surface area contributed by atoms with Crippen molar-refractivity contribution in [2.75, 3.05) is 0 Å². The zero-order valence-corrected chi connectivity index (χ0v) is 31.2. The van der Waals surface area contributed by atoms with Crippen LogP contribution in [0.2, 0.25) is 0 Å². The second kappa shape index (κ2) is 14.9. The predicted molar refractivity (Wildman–Crippen MR) is 241 cm³/mol. The predicted octanol–water partition coefficient (Wildman–Crippen LogP) is 13.5. The molecule has 56 heavy (non-hydrogen) atoms. The van der Waals surface area contributed by atoms with Crippen LogP contribution in [-0.4, -0.2) is 0 Å². The number of hydrogen-bond acceptors (Lipinski definition) is 2. The molecule has 0 aliphatic carbocycles. The van der Waals surface area contributed by atoms with Gasteiger partial charge in [-0.3, -0.25) is 5.84 Å². The lowest BCUT2D eigenvalue weighted by Gasteiger charge is -2.20. The molecule has 9 aromatic carbocycles. The van der Waals surface area contributed by atoms with E-state index in [2.05, 4.69) is 200 Å². The van der Waals surface area contributed by atoms with Crippen LogP contribution in [0.3, 0.4) is 0 Å². The van der Waals surface area contributed by atoms with E-state index < -0.39 is 0 Å². The number of allylic oxidation sites excluding steroid dienone is 5. The van der Waals surface area contributed by atoms with Crippen LogP contribution in [0.25, 0.3) is 81.8 Å². The van der Waals surface area contributed by atoms with E-state index in [1.807, 2.05) is 6.08 Å². The molecule has 2 heteroatoms. The highest BCUT2D eigenvalue weighted by Gasteiger charge is 2.18. The summed E-state index contributed by atoms with van der Waals surface area (Å²) in [6, 6.07) is 61.5. The average molecular weight is 717 g/mol. The van der Waals surface area contributed by atoms with Crippen molar-refractivity contribution in [2.45, 2.75) is 12.8 Å². The first kappa shape index (κ1) is 34.6. The highest BCUT2D eigenvalue weighted by atomic mass is 15.2. The van der Waals surface area contributed by atoms with Crippen LogP contribution >= 0.6 is 0 Å². The van der Waals surface area contributed by atoms with Gasteiger partial charge in [-0.15, -0.1) is 6.42 Å². The molecule has 266 valence electrons. The molecule has 0 radical (unpaired) electrons. The fourth-order valence-corrected chi connectivity index (χ4v) is 8.33. The summed E-state index contributed by atoms with van der Waals surface area (Å²) in [6.45, 7) is 2.15. The zero-order valence-electron chi connectivity index (χ0n) is 31.2. The summed E-state index contributed by atoms with van der Waals surface area (Å²) in [5.74, 6) is 9.10. The fraction of sp³-hybridized carbons (Fsp3) is 0.0370. The Bertz CT molecular complexity index is 2960. The highest BCUT2D eigenvalue weighted by Crippen LogP contribution is 2.41. The Hall–Kier alpha value is -7.18. The van der Waals surface area contributed by atoms with Crippen LogP contribution in [0, 0.1) is 12.3 Å². The van der Waals surface area contributed by atoms with E-state index in [-0.39, 0.29) is 5.92 Å². The molecule has 3 N–H and O–H groups in total. The third kappa shape index (κ3) is 6.41. The number of nitrogens with one attached hydrogen (secondary N) is 1. The van der Waals surface area contributed by atoms with Gasteiger partial charge in [0.15, 0.2) is 0 Å². The number of hydrogen-bond donors (Lipinski definition) is 2. The molecule has 1 atom stereocenters. The van der Waals surface area contributed by atoms with Crippen molar-refractivity contribution in [1.29, 1.82) is 0 Å². The monoisotopic (exact) mass is 716 g/mol. The standard InChI is InChI=1S/C54H40N2/c1-3-4-5-16-36(2)51(41-28-27-37-17-6-7-18-38(37)29-41)35-54(56-55)44-31-42(52-33-39-19-8-10-21-45(39)47-23-12-14-25-49(47)52)30-43(32-44)53-34-40-20-9-11-22-46(40)48-24-13-15-26-50(48)53/h1,4-35,51,56H,55H2,2H3/b5-4-,36-16+,54-35-. The molecule has 0 fully saturated rings. The number of hydrazine groups is 1. The first-order valence-corrected chi connectivity index (χ1v) is 19.0. The number of benzene rings is 9. The van der Waals surface area contributed by atoms with E-state index in [4.69, 9.17) is 12.3 Å². The summed E-state index contributed by atoms with van der Waals surface area (Å²) in [7, 11) is 0. The van der Waals surface area contributed by atoms with Crippen LogP contribution in [0.15, 0.2) is 200 Å². The van der Waals surface area contributed by atoms with Gasteiger partial charge in [-0.1, -0.05) is 163 Å². The summed E-state index contributed by atoms with van der Waals surface area (Å²) >= 11 is 0. The van der Waals surface area contributed by atoms with Gasteiger partial charge in [0.1, 0.15) is 0 Å². The summed E-state index contributed by atoms with van der Waals surface area (Å²) in [6.07, 6.45) is 13.6. The van der Waals surface area contributed by atoms with Gasteiger partial charge in [0.25, 0.3) is 0 Å². The van der Waals surface area contributed by atoms with Crippen molar-refractivity contribution < 1.29 is 0 Å². The van der Waals surface area contributed by atoms with Gasteiger partial charge < -0.3 is 5.43 Å². The maximum absolute atomic E-state index is 6.57. The topological polar surface area (TPSA) is 38.0 Å². The summed E-state index contributed by atoms with van der Waals surface area (Å²) in [5.41, 5.74) is 11.8. The van der Waals surface area contributed by atoms with Crippen molar-refractivity contribution in [1.82, 2.24) is 5.43 Å². The molecule has 0 saturated heterocycles. The van der Waals surface area contributed by atoms with E-state index >= 15 is 0 Å². The summed E-state index contributed by atoms with van der Waals surface area (Å²) < 4.78 is 0. The SMILES string of the molecule is C#C/C=C\C=C(/C)C(/C=C(\NN)c1cc(-c2cc3ccccc3c3ccccc23)cc(-c2cc3ccccc3c3ccccc23)c1)c1ccc2ccccc2c1. The van der Waals surface area contributed by atoms with Crippen molar-refractivity contribution in [3.05, 3.63) is 211 Å². The number of fused-ring (bicyclic) bond motifs is 7. The molecule has 9 aromatic rings. The minimum absolute atomic E-state index is 0.0943. The van der Waals surface area contributed by atoms with E-state index in [1.165, 1.54) is 65.0 Å². The minimum atomic E-state index is -0.0943. The average Bonchev–Trinajstić information content (AvgIpc) is 3.26. The largest absolute Gasteiger partial charge is 0.324 e. The van der Waals surface area contributed by atoms with Crippen molar-refractivity contribution >= 4 is 59.6 Å². The van der Waals surface area contributed by atoms with Gasteiger partial charge >= 0.3 is 0 Å². The Kier molecular flexibility index (Phi) is 9.21. The molecule has 0 spiro atoms. The Labute approximate surface area is 327 Å². The quantitative estimate of drug-likeness (QED) is 0.0540. The van der Waals surface area contributed by atoms with Gasteiger partial charge in [0, 0.05) is 5.92 Å². The van der Waals surface area contributed by atoms with Crippen LogP contribution in [0.4, 0.5) is 0 Å². The third-order valence-corrected chi connectivity index (χ3v) is 11.1. The van der Waals surface area contributed by atoms with Gasteiger partial charge in [-0.05, 0) is 137 Å². The Morgan fingerprint density at radius 2 is 1.05 bits per heavy atom. The molecule has 0 aliphatic heterocycles. The molecule has 0 aliphatic rings. The summed E-state index contributed by atoms with van der Waals surface area (Å²) in [4.78, 5) is 0. The molecular weight excluding hydrogens is 677 g/mol. The smallest absolute Gasteiger partial charge is 0.0527 e. The molecule has 0 aromatic heterocycles. The molecule has 9 rings (SSSR count). The molecule has 2 nitrogen and oxygen atoms in total. The van der Waals surface area contributed by atoms with Gasteiger partial charge in [-0.2, -0.15) is 0 Å². The molecule has 0 bridgehead atoms. The van der Waals surface area contributed by atoms with E-state index in [0.29, 0.717) is 0 Å². The van der Waals surface area contributed by atoms with Crippen molar-refractivity contribution in [3.63, 3.8) is 0 Å².